The molecule has 4 rings (SSSR count). The van der Waals surface area contributed by atoms with Crippen molar-refractivity contribution >= 4 is 44.1 Å². The first-order valence-corrected chi connectivity index (χ1v) is 10.4. The molecule has 1 aromatic heterocycles. The standard InChI is InChI=1S/C25H20BrNO4/c1-29-20-9-6-16(7-10-20)22(24-13-17-12-18(26)8-11-23(17)31-24)15-25(28)27-19-4-3-5-21(14-19)30-2/h3-15H,1-2H3,(H,27,28)/b22-15-. The van der Waals surface area contributed by atoms with E-state index in [0.717, 1.165) is 26.8 Å². The molecule has 1 heterocycles. The van der Waals surface area contributed by atoms with Crippen molar-refractivity contribution in [3.05, 3.63) is 94.7 Å². The Bertz CT molecular complexity index is 1260. The topological polar surface area (TPSA) is 60.7 Å². The first-order valence-electron chi connectivity index (χ1n) is 9.56. The molecule has 0 aliphatic carbocycles. The van der Waals surface area contributed by atoms with Crippen LogP contribution in [0.4, 0.5) is 5.69 Å². The normalized spacial score (nSPS) is 11.4. The van der Waals surface area contributed by atoms with Gasteiger partial charge in [0.15, 0.2) is 0 Å². The number of hydrogen-bond donors (Lipinski definition) is 1. The Morgan fingerprint density at radius 2 is 1.71 bits per heavy atom. The van der Waals surface area contributed by atoms with E-state index in [1.807, 2.05) is 60.7 Å². The highest BCUT2D eigenvalue weighted by Gasteiger charge is 2.14. The molecule has 31 heavy (non-hydrogen) atoms. The van der Waals surface area contributed by atoms with Crippen LogP contribution in [0, 0.1) is 0 Å². The van der Waals surface area contributed by atoms with Crippen molar-refractivity contribution in [3.63, 3.8) is 0 Å². The third-order valence-corrected chi connectivity index (χ3v) is 5.25. The number of rotatable bonds is 6. The minimum atomic E-state index is -0.277. The molecular weight excluding hydrogens is 458 g/mol. The Morgan fingerprint density at radius 1 is 0.935 bits per heavy atom. The highest BCUT2D eigenvalue weighted by molar-refractivity contribution is 9.10. The largest absolute Gasteiger partial charge is 0.497 e. The van der Waals surface area contributed by atoms with Gasteiger partial charge in [-0.15, -0.1) is 0 Å². The number of ether oxygens (including phenoxy) is 2. The zero-order chi connectivity index (χ0) is 21.8. The summed E-state index contributed by atoms with van der Waals surface area (Å²) in [5.41, 5.74) is 2.88. The molecule has 6 heteroatoms. The van der Waals surface area contributed by atoms with E-state index in [4.69, 9.17) is 13.9 Å². The summed E-state index contributed by atoms with van der Waals surface area (Å²) in [6.45, 7) is 0. The molecule has 0 saturated carbocycles. The second kappa shape index (κ2) is 9.10. The molecule has 0 aliphatic rings. The molecule has 5 nitrogen and oxygen atoms in total. The van der Waals surface area contributed by atoms with Gasteiger partial charge < -0.3 is 19.2 Å². The summed E-state index contributed by atoms with van der Waals surface area (Å²) in [5, 5.41) is 3.82. The summed E-state index contributed by atoms with van der Waals surface area (Å²) in [6, 6.07) is 22.4. The number of hydrogen-bond acceptors (Lipinski definition) is 4. The number of carbonyl (C=O) groups excluding carboxylic acids is 1. The first-order chi connectivity index (χ1) is 15.1. The predicted octanol–water partition coefficient (Wildman–Crippen LogP) is 6.28. The zero-order valence-corrected chi connectivity index (χ0v) is 18.6. The first kappa shape index (κ1) is 20.8. The second-order valence-corrected chi connectivity index (χ2v) is 7.72. The molecule has 1 N–H and O–H groups in total. The van der Waals surface area contributed by atoms with Crippen LogP contribution in [0.15, 0.2) is 87.8 Å². The van der Waals surface area contributed by atoms with E-state index < -0.39 is 0 Å². The molecule has 0 radical (unpaired) electrons. The van der Waals surface area contributed by atoms with Gasteiger partial charge in [0.25, 0.3) is 0 Å². The average molecular weight is 478 g/mol. The van der Waals surface area contributed by atoms with Gasteiger partial charge in [-0.05, 0) is 54.1 Å². The Hall–Kier alpha value is -3.51. The van der Waals surface area contributed by atoms with Crippen LogP contribution >= 0.6 is 15.9 Å². The summed E-state index contributed by atoms with van der Waals surface area (Å²) in [6.07, 6.45) is 1.54. The molecular formula is C25H20BrNO4. The number of nitrogens with one attached hydrogen (secondary N) is 1. The van der Waals surface area contributed by atoms with Crippen LogP contribution in [-0.2, 0) is 4.79 Å². The van der Waals surface area contributed by atoms with Crippen LogP contribution in [0.3, 0.4) is 0 Å². The quantitative estimate of drug-likeness (QED) is 0.331. The SMILES string of the molecule is COc1ccc(/C(=C/C(=O)Nc2cccc(OC)c2)c2cc3cc(Br)ccc3o2)cc1. The summed E-state index contributed by atoms with van der Waals surface area (Å²) in [5.74, 6) is 1.72. The highest BCUT2D eigenvalue weighted by atomic mass is 79.9. The minimum Gasteiger partial charge on any atom is -0.497 e. The monoisotopic (exact) mass is 477 g/mol. The molecule has 0 atom stereocenters. The van der Waals surface area contributed by atoms with Crippen LogP contribution in [0.5, 0.6) is 11.5 Å². The van der Waals surface area contributed by atoms with Gasteiger partial charge in [0.2, 0.25) is 5.91 Å². The summed E-state index contributed by atoms with van der Waals surface area (Å²) in [4.78, 5) is 12.9. The number of anilines is 1. The van der Waals surface area contributed by atoms with Crippen molar-refractivity contribution in [2.45, 2.75) is 0 Å². The summed E-state index contributed by atoms with van der Waals surface area (Å²) >= 11 is 3.48. The Kier molecular flexibility index (Phi) is 6.09. The van der Waals surface area contributed by atoms with Crippen LogP contribution in [0.1, 0.15) is 11.3 Å². The third kappa shape index (κ3) is 4.81. The maximum atomic E-state index is 12.9. The predicted molar refractivity (Wildman–Crippen MR) is 126 cm³/mol. The van der Waals surface area contributed by atoms with Crippen LogP contribution in [0.2, 0.25) is 0 Å². The average Bonchev–Trinajstić information content (AvgIpc) is 3.20. The molecule has 0 unspecified atom stereocenters. The number of benzene rings is 3. The van der Waals surface area contributed by atoms with Crippen molar-refractivity contribution in [2.75, 3.05) is 19.5 Å². The van der Waals surface area contributed by atoms with E-state index in [1.54, 1.807) is 26.4 Å². The Labute approximate surface area is 188 Å². The lowest BCUT2D eigenvalue weighted by molar-refractivity contribution is -0.111. The van der Waals surface area contributed by atoms with E-state index in [9.17, 15) is 4.79 Å². The smallest absolute Gasteiger partial charge is 0.249 e. The van der Waals surface area contributed by atoms with E-state index >= 15 is 0 Å². The van der Waals surface area contributed by atoms with Crippen molar-refractivity contribution < 1.29 is 18.7 Å². The maximum Gasteiger partial charge on any atom is 0.249 e. The molecule has 0 bridgehead atoms. The Morgan fingerprint density at radius 3 is 2.45 bits per heavy atom. The van der Waals surface area contributed by atoms with E-state index in [0.29, 0.717) is 22.8 Å². The van der Waals surface area contributed by atoms with Gasteiger partial charge in [0.1, 0.15) is 22.8 Å². The number of furan rings is 1. The number of methoxy groups -OCH3 is 2. The number of halogens is 1. The van der Waals surface area contributed by atoms with Gasteiger partial charge >= 0.3 is 0 Å². The van der Waals surface area contributed by atoms with Crippen LogP contribution < -0.4 is 14.8 Å². The fraction of sp³-hybridized carbons (Fsp3) is 0.0800. The minimum absolute atomic E-state index is 0.277. The van der Waals surface area contributed by atoms with Gasteiger partial charge in [0, 0.05) is 33.3 Å². The van der Waals surface area contributed by atoms with Gasteiger partial charge in [0.05, 0.1) is 14.2 Å². The lowest BCUT2D eigenvalue weighted by atomic mass is 10.0. The van der Waals surface area contributed by atoms with E-state index in [2.05, 4.69) is 21.2 Å². The van der Waals surface area contributed by atoms with E-state index in [-0.39, 0.29) is 5.91 Å². The zero-order valence-electron chi connectivity index (χ0n) is 17.0. The van der Waals surface area contributed by atoms with Gasteiger partial charge in [-0.1, -0.05) is 34.1 Å². The van der Waals surface area contributed by atoms with Crippen molar-refractivity contribution in [3.8, 4) is 11.5 Å². The van der Waals surface area contributed by atoms with Crippen LogP contribution in [0.25, 0.3) is 16.5 Å². The summed E-state index contributed by atoms with van der Waals surface area (Å²) < 4.78 is 17.5. The number of fused-ring (bicyclic) bond motifs is 1. The molecule has 1 amide bonds. The molecule has 0 aliphatic heterocycles. The van der Waals surface area contributed by atoms with E-state index in [1.165, 1.54) is 6.08 Å². The molecule has 3 aromatic carbocycles. The highest BCUT2D eigenvalue weighted by Crippen LogP contribution is 2.31. The van der Waals surface area contributed by atoms with Crippen molar-refractivity contribution in [1.82, 2.24) is 0 Å². The van der Waals surface area contributed by atoms with Gasteiger partial charge in [-0.25, -0.2) is 0 Å². The molecule has 0 spiro atoms. The Balaban J connectivity index is 1.73. The van der Waals surface area contributed by atoms with Crippen molar-refractivity contribution in [1.29, 1.82) is 0 Å². The fourth-order valence-electron chi connectivity index (χ4n) is 3.22. The van der Waals surface area contributed by atoms with Gasteiger partial charge in [-0.2, -0.15) is 0 Å². The molecule has 4 aromatic rings. The summed E-state index contributed by atoms with van der Waals surface area (Å²) in [7, 11) is 3.20. The lowest BCUT2D eigenvalue weighted by Gasteiger charge is -2.08. The lowest BCUT2D eigenvalue weighted by Crippen LogP contribution is -2.09. The van der Waals surface area contributed by atoms with Crippen LogP contribution in [-0.4, -0.2) is 20.1 Å². The van der Waals surface area contributed by atoms with Gasteiger partial charge in [-0.3, -0.25) is 4.79 Å². The third-order valence-electron chi connectivity index (χ3n) is 4.76. The number of amides is 1. The molecule has 156 valence electrons. The molecule has 0 saturated heterocycles. The second-order valence-electron chi connectivity index (χ2n) is 6.80. The number of carbonyl (C=O) groups is 1. The fourth-order valence-corrected chi connectivity index (χ4v) is 3.60. The van der Waals surface area contributed by atoms with Crippen molar-refractivity contribution in [2.24, 2.45) is 0 Å². The molecule has 0 fully saturated rings. The maximum absolute atomic E-state index is 12.9.